The molecule has 5 heteroatoms. The van der Waals surface area contributed by atoms with Gasteiger partial charge in [-0.15, -0.1) is 0 Å². The number of aliphatic hydroxyl groups is 1. The molecule has 2 aliphatic rings. The number of aliphatic hydroxyl groups excluding tert-OH is 1. The van der Waals surface area contributed by atoms with Crippen LogP contribution in [-0.2, 0) is 6.54 Å². The molecule has 3 heterocycles. The molecular weight excluding hydrogens is 300 g/mol. The van der Waals surface area contributed by atoms with Crippen molar-refractivity contribution in [2.24, 2.45) is 5.92 Å². The Balaban J connectivity index is 1.49. The maximum absolute atomic E-state index is 10.6. The first-order valence-electron chi connectivity index (χ1n) is 9.67. The average Bonchev–Trinajstić information content (AvgIpc) is 3.08. The van der Waals surface area contributed by atoms with Crippen molar-refractivity contribution < 1.29 is 5.11 Å². The first-order valence-corrected chi connectivity index (χ1v) is 9.67. The van der Waals surface area contributed by atoms with Gasteiger partial charge in [0, 0.05) is 24.8 Å². The van der Waals surface area contributed by atoms with Crippen LogP contribution in [0.15, 0.2) is 6.07 Å². The Morgan fingerprint density at radius 1 is 1.17 bits per heavy atom. The molecule has 2 fully saturated rings. The average molecular weight is 335 g/mol. The van der Waals surface area contributed by atoms with E-state index in [-0.39, 0.29) is 6.10 Å². The fraction of sp³-hybridized carbons (Fsp3) is 0.842. The number of aryl methyl sites for hydroxylation is 2. The summed E-state index contributed by atoms with van der Waals surface area (Å²) in [6.45, 7) is 12.5. The lowest BCUT2D eigenvalue weighted by Gasteiger charge is -2.33. The Labute approximate surface area is 146 Å². The molecule has 3 rings (SSSR count). The third-order valence-corrected chi connectivity index (χ3v) is 5.78. The SMILES string of the molecule is Cc1cc(C)n(C[C@H]2CCCN2C[C@H](O)CN2CCC(C)CC2)n1. The molecule has 0 unspecified atom stereocenters. The lowest BCUT2D eigenvalue weighted by Crippen LogP contribution is -2.45. The van der Waals surface area contributed by atoms with Gasteiger partial charge in [0.25, 0.3) is 0 Å². The molecule has 0 radical (unpaired) electrons. The van der Waals surface area contributed by atoms with E-state index in [1.807, 2.05) is 0 Å². The molecule has 1 aromatic rings. The normalized spacial score (nSPS) is 25.4. The van der Waals surface area contributed by atoms with E-state index in [4.69, 9.17) is 0 Å². The van der Waals surface area contributed by atoms with E-state index in [1.165, 1.54) is 31.4 Å². The molecule has 0 saturated carbocycles. The fourth-order valence-electron chi connectivity index (χ4n) is 4.27. The van der Waals surface area contributed by atoms with Crippen molar-refractivity contribution in [3.63, 3.8) is 0 Å². The molecule has 1 aromatic heterocycles. The highest BCUT2D eigenvalue weighted by Crippen LogP contribution is 2.21. The van der Waals surface area contributed by atoms with Crippen LogP contribution in [0.25, 0.3) is 0 Å². The third kappa shape index (κ3) is 4.58. The van der Waals surface area contributed by atoms with Gasteiger partial charge in [-0.05, 0) is 71.1 Å². The van der Waals surface area contributed by atoms with Gasteiger partial charge in [0.15, 0.2) is 0 Å². The largest absolute Gasteiger partial charge is 0.390 e. The van der Waals surface area contributed by atoms with E-state index >= 15 is 0 Å². The van der Waals surface area contributed by atoms with Crippen LogP contribution in [0, 0.1) is 19.8 Å². The molecule has 0 bridgehead atoms. The van der Waals surface area contributed by atoms with Gasteiger partial charge in [0.2, 0.25) is 0 Å². The highest BCUT2D eigenvalue weighted by molar-refractivity contribution is 5.07. The standard InChI is InChI=1S/C19H34N4O/c1-15-6-9-21(10-7-15)13-19(24)14-22-8-4-5-18(22)12-23-17(3)11-16(2)20-23/h11,15,18-19,24H,4-10,12-14H2,1-3H3/t18-,19-/m1/s1. The number of aromatic nitrogens is 2. The molecule has 5 nitrogen and oxygen atoms in total. The van der Waals surface area contributed by atoms with E-state index < -0.39 is 0 Å². The van der Waals surface area contributed by atoms with Crippen LogP contribution >= 0.6 is 0 Å². The second kappa shape index (κ2) is 7.98. The summed E-state index contributed by atoms with van der Waals surface area (Å²) in [5.74, 6) is 0.849. The van der Waals surface area contributed by atoms with E-state index in [0.717, 1.165) is 50.9 Å². The summed E-state index contributed by atoms with van der Waals surface area (Å²) in [6, 6.07) is 2.66. The van der Waals surface area contributed by atoms with Crippen molar-refractivity contribution in [1.82, 2.24) is 19.6 Å². The third-order valence-electron chi connectivity index (χ3n) is 5.78. The van der Waals surface area contributed by atoms with Gasteiger partial charge in [-0.3, -0.25) is 9.58 Å². The van der Waals surface area contributed by atoms with Gasteiger partial charge in [0.05, 0.1) is 18.3 Å². The van der Waals surface area contributed by atoms with Gasteiger partial charge >= 0.3 is 0 Å². The second-order valence-corrected chi connectivity index (χ2v) is 8.04. The Bertz CT molecular complexity index is 521. The Morgan fingerprint density at radius 2 is 1.92 bits per heavy atom. The zero-order valence-electron chi connectivity index (χ0n) is 15.6. The fourth-order valence-corrected chi connectivity index (χ4v) is 4.27. The van der Waals surface area contributed by atoms with Crippen LogP contribution < -0.4 is 0 Å². The van der Waals surface area contributed by atoms with Crippen molar-refractivity contribution in [3.05, 3.63) is 17.5 Å². The molecular formula is C19H34N4O. The number of hydrogen-bond donors (Lipinski definition) is 1. The van der Waals surface area contributed by atoms with E-state index in [2.05, 4.69) is 46.4 Å². The van der Waals surface area contributed by atoms with Crippen LogP contribution in [-0.4, -0.2) is 69.6 Å². The minimum atomic E-state index is -0.237. The smallest absolute Gasteiger partial charge is 0.0793 e. The highest BCUT2D eigenvalue weighted by atomic mass is 16.3. The minimum absolute atomic E-state index is 0.237. The predicted molar refractivity (Wildman–Crippen MR) is 97.1 cm³/mol. The van der Waals surface area contributed by atoms with Gasteiger partial charge in [-0.25, -0.2) is 0 Å². The molecule has 0 aromatic carbocycles. The van der Waals surface area contributed by atoms with Gasteiger partial charge in [-0.2, -0.15) is 5.10 Å². The molecule has 1 N–H and O–H groups in total. The lowest BCUT2D eigenvalue weighted by atomic mass is 9.99. The number of β-amino-alcohol motifs (C(OH)–C–C–N with tert-alkyl or cyclic N) is 1. The first-order chi connectivity index (χ1) is 11.5. The summed E-state index contributed by atoms with van der Waals surface area (Å²) >= 11 is 0. The van der Waals surface area contributed by atoms with Crippen LogP contribution in [0.3, 0.4) is 0 Å². The molecule has 0 amide bonds. The number of likely N-dealkylation sites (tertiary alicyclic amines) is 2. The molecule has 0 aliphatic carbocycles. The Hall–Kier alpha value is -0.910. The molecule has 2 atom stereocenters. The summed E-state index contributed by atoms with van der Waals surface area (Å²) in [7, 11) is 0. The summed E-state index contributed by atoms with van der Waals surface area (Å²) in [6.07, 6.45) is 4.76. The lowest BCUT2D eigenvalue weighted by molar-refractivity contribution is 0.0552. The topological polar surface area (TPSA) is 44.5 Å². The van der Waals surface area contributed by atoms with E-state index in [0.29, 0.717) is 6.04 Å². The molecule has 0 spiro atoms. The Morgan fingerprint density at radius 3 is 2.58 bits per heavy atom. The Kier molecular flexibility index (Phi) is 5.95. The van der Waals surface area contributed by atoms with Gasteiger partial charge in [-0.1, -0.05) is 6.92 Å². The molecule has 136 valence electrons. The van der Waals surface area contributed by atoms with Crippen molar-refractivity contribution in [1.29, 1.82) is 0 Å². The van der Waals surface area contributed by atoms with Crippen molar-refractivity contribution >= 4 is 0 Å². The van der Waals surface area contributed by atoms with E-state index in [9.17, 15) is 5.11 Å². The van der Waals surface area contributed by atoms with Crippen LogP contribution in [0.1, 0.15) is 44.0 Å². The van der Waals surface area contributed by atoms with Crippen LogP contribution in [0.4, 0.5) is 0 Å². The summed E-state index contributed by atoms with van der Waals surface area (Å²) in [4.78, 5) is 4.92. The summed E-state index contributed by atoms with van der Waals surface area (Å²) < 4.78 is 2.14. The second-order valence-electron chi connectivity index (χ2n) is 8.04. The van der Waals surface area contributed by atoms with Gasteiger partial charge in [0.1, 0.15) is 0 Å². The molecule has 24 heavy (non-hydrogen) atoms. The number of nitrogens with zero attached hydrogens (tertiary/aromatic N) is 4. The minimum Gasteiger partial charge on any atom is -0.390 e. The molecule has 2 saturated heterocycles. The number of piperidine rings is 1. The van der Waals surface area contributed by atoms with Crippen LogP contribution in [0.2, 0.25) is 0 Å². The quantitative estimate of drug-likeness (QED) is 0.865. The summed E-state index contributed by atoms with van der Waals surface area (Å²) in [5, 5.41) is 15.2. The number of hydrogen-bond acceptors (Lipinski definition) is 4. The zero-order chi connectivity index (χ0) is 17.1. The number of rotatable bonds is 6. The maximum atomic E-state index is 10.6. The van der Waals surface area contributed by atoms with Crippen molar-refractivity contribution in [3.8, 4) is 0 Å². The van der Waals surface area contributed by atoms with Crippen molar-refractivity contribution in [2.45, 2.75) is 65.1 Å². The monoisotopic (exact) mass is 334 g/mol. The van der Waals surface area contributed by atoms with Crippen LogP contribution in [0.5, 0.6) is 0 Å². The maximum Gasteiger partial charge on any atom is 0.0793 e. The molecule has 2 aliphatic heterocycles. The zero-order valence-corrected chi connectivity index (χ0v) is 15.6. The first kappa shape index (κ1) is 17.9. The van der Waals surface area contributed by atoms with E-state index in [1.54, 1.807) is 0 Å². The van der Waals surface area contributed by atoms with Gasteiger partial charge < -0.3 is 10.0 Å². The summed E-state index contributed by atoms with van der Waals surface area (Å²) in [5.41, 5.74) is 2.33. The van der Waals surface area contributed by atoms with Crippen molar-refractivity contribution in [2.75, 3.05) is 32.7 Å². The highest BCUT2D eigenvalue weighted by Gasteiger charge is 2.28. The predicted octanol–water partition coefficient (Wildman–Crippen LogP) is 2.06.